The molecule has 0 spiro atoms. The number of benzene rings is 1. The van der Waals surface area contributed by atoms with Crippen molar-refractivity contribution in [1.29, 1.82) is 0 Å². The van der Waals surface area contributed by atoms with Crippen LogP contribution >= 0.6 is 0 Å². The van der Waals surface area contributed by atoms with Gasteiger partial charge in [-0.25, -0.2) is 0 Å². The van der Waals surface area contributed by atoms with Gasteiger partial charge in [-0.15, -0.1) is 0 Å². The number of nitrogens with one attached hydrogen (secondary N) is 1. The Hall–Kier alpha value is -1.10. The molecule has 4 nitrogen and oxygen atoms in total. The first-order valence-corrected chi connectivity index (χ1v) is 7.93. The van der Waals surface area contributed by atoms with E-state index in [2.05, 4.69) is 24.4 Å². The van der Waals surface area contributed by atoms with Crippen molar-refractivity contribution in [2.24, 2.45) is 0 Å². The molecule has 0 aliphatic carbocycles. The zero-order valence-corrected chi connectivity index (χ0v) is 13.1. The smallest absolute Gasteiger partial charge is 0.119 e. The predicted molar refractivity (Wildman–Crippen MR) is 83.8 cm³/mol. The highest BCUT2D eigenvalue weighted by Gasteiger charge is 2.17. The number of likely N-dealkylation sites (N-methyl/N-ethyl adjacent to an activating group) is 1. The minimum atomic E-state index is 0.216. The summed E-state index contributed by atoms with van der Waals surface area (Å²) in [6.45, 7) is 5.20. The summed E-state index contributed by atoms with van der Waals surface area (Å²) in [7, 11) is 1.97. The summed E-state index contributed by atoms with van der Waals surface area (Å²) in [5, 5.41) is 3.32. The number of hydrogen-bond acceptors (Lipinski definition) is 4. The maximum atomic E-state index is 6.01. The number of hydrogen-bond donors (Lipinski definition) is 1. The molecule has 0 aromatic heterocycles. The molecule has 1 N–H and O–H groups in total. The number of rotatable bonds is 8. The molecule has 0 saturated carbocycles. The van der Waals surface area contributed by atoms with Crippen molar-refractivity contribution in [3.63, 3.8) is 0 Å². The first-order chi connectivity index (χ1) is 10.3. The van der Waals surface area contributed by atoms with Gasteiger partial charge in [-0.3, -0.25) is 0 Å². The Labute approximate surface area is 127 Å². The van der Waals surface area contributed by atoms with Crippen LogP contribution in [0.4, 0.5) is 0 Å². The first kappa shape index (κ1) is 16.3. The predicted octanol–water partition coefficient (Wildman–Crippen LogP) is 2.93. The Morgan fingerprint density at radius 1 is 1.24 bits per heavy atom. The SMILES string of the molecule is CCCOc1ccc(C(COC2CCOCC2)NC)cc1. The second-order valence-corrected chi connectivity index (χ2v) is 5.40. The second kappa shape index (κ2) is 9.03. The average Bonchev–Trinajstić information content (AvgIpc) is 2.55. The Kier molecular flexibility index (Phi) is 7.00. The van der Waals surface area contributed by atoms with Crippen LogP contribution in [0.15, 0.2) is 24.3 Å². The lowest BCUT2D eigenvalue weighted by Gasteiger charge is -2.25. The molecule has 2 rings (SSSR count). The van der Waals surface area contributed by atoms with Crippen molar-refractivity contribution in [3.8, 4) is 5.75 Å². The highest BCUT2D eigenvalue weighted by atomic mass is 16.5. The maximum Gasteiger partial charge on any atom is 0.119 e. The van der Waals surface area contributed by atoms with E-state index >= 15 is 0 Å². The molecule has 1 fully saturated rings. The van der Waals surface area contributed by atoms with Crippen LogP contribution < -0.4 is 10.1 Å². The molecule has 1 aliphatic heterocycles. The molecule has 4 heteroatoms. The van der Waals surface area contributed by atoms with E-state index in [0.29, 0.717) is 12.7 Å². The fourth-order valence-corrected chi connectivity index (χ4v) is 2.44. The summed E-state index contributed by atoms with van der Waals surface area (Å²) in [4.78, 5) is 0. The van der Waals surface area contributed by atoms with Crippen molar-refractivity contribution in [2.45, 2.75) is 38.3 Å². The van der Waals surface area contributed by atoms with Gasteiger partial charge in [0.15, 0.2) is 0 Å². The van der Waals surface area contributed by atoms with Gasteiger partial charge in [-0.1, -0.05) is 19.1 Å². The quantitative estimate of drug-likeness (QED) is 0.800. The van der Waals surface area contributed by atoms with E-state index < -0.39 is 0 Å². The van der Waals surface area contributed by atoms with Gasteiger partial charge in [-0.2, -0.15) is 0 Å². The standard InChI is InChI=1S/C17H27NO3/c1-3-10-20-15-6-4-14(5-7-15)17(18-2)13-21-16-8-11-19-12-9-16/h4-7,16-18H,3,8-13H2,1-2H3. The monoisotopic (exact) mass is 293 g/mol. The molecular formula is C17H27NO3. The summed E-state index contributed by atoms with van der Waals surface area (Å²) in [6.07, 6.45) is 3.36. The van der Waals surface area contributed by atoms with Gasteiger partial charge in [0, 0.05) is 13.2 Å². The van der Waals surface area contributed by atoms with E-state index in [9.17, 15) is 0 Å². The zero-order chi connectivity index (χ0) is 14.9. The fourth-order valence-electron chi connectivity index (χ4n) is 2.44. The van der Waals surface area contributed by atoms with Crippen LogP contribution in [0.2, 0.25) is 0 Å². The van der Waals surface area contributed by atoms with Crippen LogP contribution in [0.1, 0.15) is 37.8 Å². The number of ether oxygens (including phenoxy) is 3. The van der Waals surface area contributed by atoms with Gasteiger partial charge in [0.2, 0.25) is 0 Å². The van der Waals surface area contributed by atoms with E-state index in [1.54, 1.807) is 0 Å². The van der Waals surface area contributed by atoms with Gasteiger partial charge < -0.3 is 19.5 Å². The summed E-state index contributed by atoms with van der Waals surface area (Å²) < 4.78 is 17.0. The molecule has 1 aliphatic rings. The summed E-state index contributed by atoms with van der Waals surface area (Å²) in [5.74, 6) is 0.931. The molecule has 0 amide bonds. The average molecular weight is 293 g/mol. The van der Waals surface area contributed by atoms with Gasteiger partial charge >= 0.3 is 0 Å². The lowest BCUT2D eigenvalue weighted by molar-refractivity contribution is -0.0378. The van der Waals surface area contributed by atoms with E-state index in [1.807, 2.05) is 19.2 Å². The van der Waals surface area contributed by atoms with Gasteiger partial charge in [0.1, 0.15) is 5.75 Å². The molecular weight excluding hydrogens is 266 g/mol. The molecule has 1 aromatic rings. The molecule has 1 aromatic carbocycles. The van der Waals surface area contributed by atoms with Crippen molar-refractivity contribution in [2.75, 3.05) is 33.5 Å². The molecule has 1 heterocycles. The van der Waals surface area contributed by atoms with Crippen molar-refractivity contribution in [1.82, 2.24) is 5.32 Å². The fraction of sp³-hybridized carbons (Fsp3) is 0.647. The van der Waals surface area contributed by atoms with Gasteiger partial charge in [0.25, 0.3) is 0 Å². The van der Waals surface area contributed by atoms with Crippen LogP contribution in [0.3, 0.4) is 0 Å². The lowest BCUT2D eigenvalue weighted by Crippen LogP contribution is -2.28. The summed E-state index contributed by atoms with van der Waals surface area (Å²) in [5.41, 5.74) is 1.23. The van der Waals surface area contributed by atoms with Crippen molar-refractivity contribution < 1.29 is 14.2 Å². The van der Waals surface area contributed by atoms with E-state index in [1.165, 1.54) is 5.56 Å². The Morgan fingerprint density at radius 2 is 1.95 bits per heavy atom. The molecule has 1 atom stereocenters. The first-order valence-electron chi connectivity index (χ1n) is 7.93. The third-order valence-electron chi connectivity index (χ3n) is 3.77. The Bertz CT molecular complexity index is 388. The van der Waals surface area contributed by atoms with Gasteiger partial charge in [0.05, 0.1) is 25.4 Å². The summed E-state index contributed by atoms with van der Waals surface area (Å²) >= 11 is 0. The van der Waals surface area contributed by atoms with Gasteiger partial charge in [-0.05, 0) is 44.0 Å². The third-order valence-corrected chi connectivity index (χ3v) is 3.77. The normalized spacial score (nSPS) is 17.6. The van der Waals surface area contributed by atoms with Crippen molar-refractivity contribution >= 4 is 0 Å². The van der Waals surface area contributed by atoms with Crippen LogP contribution in [0.25, 0.3) is 0 Å². The summed E-state index contributed by atoms with van der Waals surface area (Å²) in [6, 6.07) is 8.50. The lowest BCUT2D eigenvalue weighted by atomic mass is 10.1. The Morgan fingerprint density at radius 3 is 2.57 bits per heavy atom. The highest BCUT2D eigenvalue weighted by Crippen LogP contribution is 2.20. The second-order valence-electron chi connectivity index (χ2n) is 5.40. The molecule has 1 saturated heterocycles. The highest BCUT2D eigenvalue weighted by molar-refractivity contribution is 5.29. The largest absolute Gasteiger partial charge is 0.494 e. The molecule has 118 valence electrons. The van der Waals surface area contributed by atoms with Crippen LogP contribution in [0, 0.1) is 0 Å². The molecule has 21 heavy (non-hydrogen) atoms. The molecule has 0 radical (unpaired) electrons. The van der Waals surface area contributed by atoms with Crippen LogP contribution in [0.5, 0.6) is 5.75 Å². The molecule has 1 unspecified atom stereocenters. The minimum absolute atomic E-state index is 0.216. The third kappa shape index (κ3) is 5.30. The van der Waals surface area contributed by atoms with Crippen molar-refractivity contribution in [3.05, 3.63) is 29.8 Å². The molecule has 0 bridgehead atoms. The maximum absolute atomic E-state index is 6.01. The van der Waals surface area contributed by atoms with E-state index in [4.69, 9.17) is 14.2 Å². The van der Waals surface area contributed by atoms with E-state index in [-0.39, 0.29) is 6.04 Å². The topological polar surface area (TPSA) is 39.7 Å². The zero-order valence-electron chi connectivity index (χ0n) is 13.1. The van der Waals surface area contributed by atoms with Crippen LogP contribution in [-0.2, 0) is 9.47 Å². The van der Waals surface area contributed by atoms with Crippen LogP contribution in [-0.4, -0.2) is 39.6 Å². The van der Waals surface area contributed by atoms with E-state index in [0.717, 1.165) is 44.8 Å². The Balaban J connectivity index is 1.84. The minimum Gasteiger partial charge on any atom is -0.494 e.